The summed E-state index contributed by atoms with van der Waals surface area (Å²) in [5, 5.41) is 2.94. The third-order valence-electron chi connectivity index (χ3n) is 4.44. The summed E-state index contributed by atoms with van der Waals surface area (Å²) in [4.78, 5) is 27.0. The molecule has 1 fully saturated rings. The fourth-order valence-electron chi connectivity index (χ4n) is 3.11. The molecule has 0 unspecified atom stereocenters. The van der Waals surface area contributed by atoms with Crippen molar-refractivity contribution in [3.8, 4) is 5.75 Å². The first-order chi connectivity index (χ1) is 12.2. The Morgan fingerprint density at radius 2 is 1.96 bits per heavy atom. The summed E-state index contributed by atoms with van der Waals surface area (Å²) in [6, 6.07) is 16.4. The van der Waals surface area contributed by atoms with E-state index in [1.54, 1.807) is 36.3 Å². The Labute approximate surface area is 147 Å². The summed E-state index contributed by atoms with van der Waals surface area (Å²) in [5.41, 5.74) is 1.58. The van der Waals surface area contributed by atoms with Crippen molar-refractivity contribution in [3.63, 3.8) is 0 Å². The number of likely N-dealkylation sites (tertiary alicyclic amines) is 1. The van der Waals surface area contributed by atoms with Gasteiger partial charge >= 0.3 is 0 Å². The summed E-state index contributed by atoms with van der Waals surface area (Å²) in [5.74, 6) is 0.406. The van der Waals surface area contributed by atoms with Gasteiger partial charge in [-0.15, -0.1) is 0 Å². The molecule has 0 spiro atoms. The molecular formula is C20H22N2O3. The average Bonchev–Trinajstić information content (AvgIpc) is 3.16. The van der Waals surface area contributed by atoms with Gasteiger partial charge in [-0.2, -0.15) is 0 Å². The number of carbonyl (C=O) groups is 2. The number of hydrogen-bond acceptors (Lipinski definition) is 3. The molecule has 0 aromatic heterocycles. The van der Waals surface area contributed by atoms with E-state index in [-0.39, 0.29) is 11.8 Å². The van der Waals surface area contributed by atoms with Gasteiger partial charge in [-0.3, -0.25) is 9.59 Å². The van der Waals surface area contributed by atoms with Crippen LogP contribution in [0.25, 0.3) is 0 Å². The zero-order valence-corrected chi connectivity index (χ0v) is 14.3. The normalized spacial score (nSPS) is 16.5. The number of rotatable bonds is 5. The summed E-state index contributed by atoms with van der Waals surface area (Å²) in [7, 11) is 1.57. The number of benzene rings is 2. The van der Waals surface area contributed by atoms with Gasteiger partial charge in [0.2, 0.25) is 5.91 Å². The Balaban J connectivity index is 1.66. The molecule has 1 saturated heterocycles. The second kappa shape index (κ2) is 7.83. The van der Waals surface area contributed by atoms with Gasteiger partial charge in [0.15, 0.2) is 0 Å². The first-order valence-electron chi connectivity index (χ1n) is 8.45. The van der Waals surface area contributed by atoms with E-state index in [9.17, 15) is 9.59 Å². The fraction of sp³-hybridized carbons (Fsp3) is 0.300. The molecule has 0 bridgehead atoms. The molecule has 5 nitrogen and oxygen atoms in total. The highest BCUT2D eigenvalue weighted by molar-refractivity contribution is 5.98. The van der Waals surface area contributed by atoms with Crippen molar-refractivity contribution >= 4 is 11.8 Å². The maximum Gasteiger partial charge on any atom is 0.254 e. The van der Waals surface area contributed by atoms with Gasteiger partial charge in [0.25, 0.3) is 5.91 Å². The van der Waals surface area contributed by atoms with E-state index in [0.29, 0.717) is 30.8 Å². The third-order valence-corrected chi connectivity index (χ3v) is 4.44. The van der Waals surface area contributed by atoms with Crippen LogP contribution in [-0.2, 0) is 11.3 Å². The number of amides is 2. The quantitative estimate of drug-likeness (QED) is 0.912. The SMILES string of the molecule is COc1cccc(C(=O)N2CCC[C@@H]2C(=O)NCc2ccccc2)c1. The first-order valence-corrected chi connectivity index (χ1v) is 8.45. The third kappa shape index (κ3) is 3.99. The smallest absolute Gasteiger partial charge is 0.254 e. The molecule has 2 aromatic rings. The molecule has 1 aliphatic heterocycles. The molecule has 0 radical (unpaired) electrons. The molecule has 3 rings (SSSR count). The minimum atomic E-state index is -0.414. The molecule has 25 heavy (non-hydrogen) atoms. The maximum atomic E-state index is 12.8. The van der Waals surface area contributed by atoms with Crippen molar-refractivity contribution in [2.24, 2.45) is 0 Å². The van der Waals surface area contributed by atoms with Gasteiger partial charge < -0.3 is 15.0 Å². The van der Waals surface area contributed by atoms with E-state index in [1.165, 1.54) is 0 Å². The van der Waals surface area contributed by atoms with E-state index >= 15 is 0 Å². The molecule has 2 amide bonds. The van der Waals surface area contributed by atoms with Gasteiger partial charge in [0.1, 0.15) is 11.8 Å². The average molecular weight is 338 g/mol. The Hall–Kier alpha value is -2.82. The summed E-state index contributed by atoms with van der Waals surface area (Å²) in [6.45, 7) is 1.07. The molecule has 5 heteroatoms. The van der Waals surface area contributed by atoms with Crippen LogP contribution in [0, 0.1) is 0 Å². The zero-order valence-electron chi connectivity index (χ0n) is 14.3. The van der Waals surface area contributed by atoms with Crippen molar-refractivity contribution in [2.75, 3.05) is 13.7 Å². The van der Waals surface area contributed by atoms with Crippen LogP contribution in [0.1, 0.15) is 28.8 Å². The van der Waals surface area contributed by atoms with E-state index < -0.39 is 6.04 Å². The van der Waals surface area contributed by atoms with E-state index in [0.717, 1.165) is 12.0 Å². The molecular weight excluding hydrogens is 316 g/mol. The van der Waals surface area contributed by atoms with Crippen molar-refractivity contribution in [1.29, 1.82) is 0 Å². The maximum absolute atomic E-state index is 12.8. The molecule has 1 atom stereocenters. The Bertz CT molecular complexity index is 746. The van der Waals surface area contributed by atoms with Gasteiger partial charge in [-0.25, -0.2) is 0 Å². The number of methoxy groups -OCH3 is 1. The second-order valence-corrected chi connectivity index (χ2v) is 6.09. The topological polar surface area (TPSA) is 58.6 Å². The lowest BCUT2D eigenvalue weighted by Crippen LogP contribution is -2.45. The largest absolute Gasteiger partial charge is 0.497 e. The predicted octanol–water partition coefficient (Wildman–Crippen LogP) is 2.62. The Morgan fingerprint density at radius 3 is 2.72 bits per heavy atom. The van der Waals surface area contributed by atoms with Crippen LogP contribution in [0.3, 0.4) is 0 Å². The summed E-state index contributed by atoms with van der Waals surface area (Å²) >= 11 is 0. The molecule has 1 heterocycles. The highest BCUT2D eigenvalue weighted by atomic mass is 16.5. The van der Waals surface area contributed by atoms with Crippen LogP contribution in [0.5, 0.6) is 5.75 Å². The number of nitrogens with one attached hydrogen (secondary N) is 1. The van der Waals surface area contributed by atoms with E-state index in [2.05, 4.69) is 5.32 Å². The van der Waals surface area contributed by atoms with Crippen LogP contribution in [0.2, 0.25) is 0 Å². The predicted molar refractivity (Wildman–Crippen MR) is 95.3 cm³/mol. The van der Waals surface area contributed by atoms with Gasteiger partial charge in [0, 0.05) is 18.7 Å². The minimum absolute atomic E-state index is 0.0994. The van der Waals surface area contributed by atoms with Crippen LogP contribution in [0.4, 0.5) is 0 Å². The lowest BCUT2D eigenvalue weighted by molar-refractivity contribution is -0.125. The van der Waals surface area contributed by atoms with Gasteiger partial charge in [-0.05, 0) is 36.6 Å². The molecule has 0 aliphatic carbocycles. The van der Waals surface area contributed by atoms with Crippen molar-refractivity contribution < 1.29 is 14.3 Å². The first kappa shape index (κ1) is 17.0. The van der Waals surface area contributed by atoms with Crippen LogP contribution < -0.4 is 10.1 Å². The Kier molecular flexibility index (Phi) is 5.33. The van der Waals surface area contributed by atoms with Gasteiger partial charge in [-0.1, -0.05) is 36.4 Å². The molecule has 0 saturated carbocycles. The van der Waals surface area contributed by atoms with E-state index in [4.69, 9.17) is 4.74 Å². The van der Waals surface area contributed by atoms with E-state index in [1.807, 2.05) is 30.3 Å². The summed E-state index contributed by atoms with van der Waals surface area (Å²) < 4.78 is 5.18. The number of ether oxygens (including phenoxy) is 1. The lowest BCUT2D eigenvalue weighted by Gasteiger charge is -2.24. The highest BCUT2D eigenvalue weighted by Crippen LogP contribution is 2.22. The number of nitrogens with zero attached hydrogens (tertiary/aromatic N) is 1. The van der Waals surface area contributed by atoms with Crippen molar-refractivity contribution in [1.82, 2.24) is 10.2 Å². The van der Waals surface area contributed by atoms with Crippen molar-refractivity contribution in [3.05, 3.63) is 65.7 Å². The van der Waals surface area contributed by atoms with Gasteiger partial charge in [0.05, 0.1) is 7.11 Å². The van der Waals surface area contributed by atoms with Crippen LogP contribution in [0.15, 0.2) is 54.6 Å². The number of carbonyl (C=O) groups excluding carboxylic acids is 2. The molecule has 1 N–H and O–H groups in total. The highest BCUT2D eigenvalue weighted by Gasteiger charge is 2.34. The van der Waals surface area contributed by atoms with Crippen LogP contribution >= 0.6 is 0 Å². The molecule has 2 aromatic carbocycles. The fourth-order valence-corrected chi connectivity index (χ4v) is 3.11. The molecule has 1 aliphatic rings. The monoisotopic (exact) mass is 338 g/mol. The minimum Gasteiger partial charge on any atom is -0.497 e. The lowest BCUT2D eigenvalue weighted by atomic mass is 10.1. The summed E-state index contributed by atoms with van der Waals surface area (Å²) in [6.07, 6.45) is 1.52. The molecule has 130 valence electrons. The zero-order chi connectivity index (χ0) is 17.6. The Morgan fingerprint density at radius 1 is 1.16 bits per heavy atom. The van der Waals surface area contributed by atoms with Crippen LogP contribution in [-0.4, -0.2) is 36.4 Å². The second-order valence-electron chi connectivity index (χ2n) is 6.09. The standard InChI is InChI=1S/C20H22N2O3/c1-25-17-10-5-9-16(13-17)20(24)22-12-6-11-18(22)19(23)21-14-15-7-3-2-4-8-15/h2-5,7-10,13,18H,6,11-12,14H2,1H3,(H,21,23)/t18-/m1/s1. The van der Waals surface area contributed by atoms with Crippen molar-refractivity contribution in [2.45, 2.75) is 25.4 Å². The number of hydrogen-bond donors (Lipinski definition) is 1.